The fourth-order valence-corrected chi connectivity index (χ4v) is 3.30. The van der Waals surface area contributed by atoms with Crippen molar-refractivity contribution in [3.8, 4) is 16.9 Å². The van der Waals surface area contributed by atoms with Gasteiger partial charge in [0.1, 0.15) is 11.5 Å². The Morgan fingerprint density at radius 3 is 2.50 bits per heavy atom. The minimum Gasteiger partial charge on any atom is -0.337 e. The quantitative estimate of drug-likeness (QED) is 0.490. The summed E-state index contributed by atoms with van der Waals surface area (Å²) in [6.07, 6.45) is 5.12. The first-order chi connectivity index (χ1) is 14.5. The van der Waals surface area contributed by atoms with Crippen LogP contribution in [0.15, 0.2) is 79.3 Å². The number of aromatic nitrogens is 3. The van der Waals surface area contributed by atoms with Crippen LogP contribution in [0.5, 0.6) is 0 Å². The molecule has 4 aromatic rings. The summed E-state index contributed by atoms with van der Waals surface area (Å²) in [5.41, 5.74) is 4.69. The number of hydrogen-bond donors (Lipinski definition) is 0. The molecule has 0 saturated heterocycles. The SMILES string of the molecule is Cc1cccc(-c2nn(-c3ccc(F)cc3)cc2C(=O)N(C)Cc2ccncc2)c1. The zero-order valence-corrected chi connectivity index (χ0v) is 16.8. The van der Waals surface area contributed by atoms with E-state index in [9.17, 15) is 9.18 Å². The molecule has 0 saturated carbocycles. The van der Waals surface area contributed by atoms with Gasteiger partial charge in [0.25, 0.3) is 5.91 Å². The van der Waals surface area contributed by atoms with Crippen molar-refractivity contribution in [1.29, 1.82) is 0 Å². The zero-order valence-electron chi connectivity index (χ0n) is 16.8. The van der Waals surface area contributed by atoms with Crippen molar-refractivity contribution in [2.75, 3.05) is 7.05 Å². The van der Waals surface area contributed by atoms with E-state index in [-0.39, 0.29) is 11.7 Å². The number of carbonyl (C=O) groups excluding carboxylic acids is 1. The third-order valence-corrected chi connectivity index (χ3v) is 4.84. The number of rotatable bonds is 5. The van der Waals surface area contributed by atoms with E-state index in [0.717, 1.165) is 16.7 Å². The van der Waals surface area contributed by atoms with Gasteiger partial charge in [-0.05, 0) is 55.0 Å². The van der Waals surface area contributed by atoms with Gasteiger partial charge in [-0.1, -0.05) is 23.8 Å². The maximum Gasteiger partial charge on any atom is 0.257 e. The molecule has 0 aliphatic rings. The van der Waals surface area contributed by atoms with Crippen molar-refractivity contribution in [3.05, 3.63) is 102 Å². The molecule has 2 aromatic heterocycles. The summed E-state index contributed by atoms with van der Waals surface area (Å²) in [6.45, 7) is 2.45. The second-order valence-electron chi connectivity index (χ2n) is 7.20. The Labute approximate surface area is 174 Å². The van der Waals surface area contributed by atoms with Crippen LogP contribution in [-0.2, 0) is 6.54 Å². The molecule has 30 heavy (non-hydrogen) atoms. The van der Waals surface area contributed by atoms with Crippen molar-refractivity contribution >= 4 is 5.91 Å². The largest absolute Gasteiger partial charge is 0.337 e. The van der Waals surface area contributed by atoms with Gasteiger partial charge < -0.3 is 4.90 Å². The Kier molecular flexibility index (Phi) is 5.39. The van der Waals surface area contributed by atoms with Crippen LogP contribution in [0.4, 0.5) is 4.39 Å². The number of hydrogen-bond acceptors (Lipinski definition) is 3. The van der Waals surface area contributed by atoms with E-state index >= 15 is 0 Å². The highest BCUT2D eigenvalue weighted by molar-refractivity contribution is 5.99. The smallest absolute Gasteiger partial charge is 0.257 e. The molecule has 0 unspecified atom stereocenters. The van der Waals surface area contributed by atoms with Gasteiger partial charge in [0, 0.05) is 37.7 Å². The second kappa shape index (κ2) is 8.29. The molecule has 0 radical (unpaired) electrons. The van der Waals surface area contributed by atoms with Crippen LogP contribution in [0.1, 0.15) is 21.5 Å². The van der Waals surface area contributed by atoms with Crippen LogP contribution in [0.25, 0.3) is 16.9 Å². The van der Waals surface area contributed by atoms with Gasteiger partial charge in [0.2, 0.25) is 0 Å². The summed E-state index contributed by atoms with van der Waals surface area (Å²) in [5, 5.41) is 4.67. The average Bonchev–Trinajstić information content (AvgIpc) is 3.20. The molecule has 0 atom stereocenters. The summed E-state index contributed by atoms with van der Waals surface area (Å²) in [4.78, 5) is 19.0. The molecular formula is C24H21FN4O. The number of aryl methyl sites for hydroxylation is 1. The van der Waals surface area contributed by atoms with Gasteiger partial charge in [-0.25, -0.2) is 9.07 Å². The fraction of sp³-hybridized carbons (Fsp3) is 0.125. The van der Waals surface area contributed by atoms with E-state index in [1.165, 1.54) is 12.1 Å². The molecule has 2 aromatic carbocycles. The van der Waals surface area contributed by atoms with Crippen molar-refractivity contribution in [3.63, 3.8) is 0 Å². The molecule has 0 aliphatic heterocycles. The monoisotopic (exact) mass is 400 g/mol. The van der Waals surface area contributed by atoms with Gasteiger partial charge in [-0.3, -0.25) is 9.78 Å². The number of carbonyl (C=O) groups is 1. The van der Waals surface area contributed by atoms with Crippen molar-refractivity contribution in [2.45, 2.75) is 13.5 Å². The van der Waals surface area contributed by atoms with E-state index in [1.807, 2.05) is 43.3 Å². The summed E-state index contributed by atoms with van der Waals surface area (Å²) < 4.78 is 15.0. The van der Waals surface area contributed by atoms with Crippen LogP contribution in [0.2, 0.25) is 0 Å². The van der Waals surface area contributed by atoms with Gasteiger partial charge in [0.05, 0.1) is 11.3 Å². The predicted molar refractivity (Wildman–Crippen MR) is 114 cm³/mol. The lowest BCUT2D eigenvalue weighted by atomic mass is 10.0. The van der Waals surface area contributed by atoms with Crippen molar-refractivity contribution in [2.24, 2.45) is 0 Å². The molecule has 2 heterocycles. The summed E-state index contributed by atoms with van der Waals surface area (Å²) in [7, 11) is 1.76. The molecule has 150 valence electrons. The molecular weight excluding hydrogens is 379 g/mol. The maximum absolute atomic E-state index is 13.3. The van der Waals surface area contributed by atoms with Gasteiger partial charge in [-0.2, -0.15) is 5.10 Å². The number of halogens is 1. The van der Waals surface area contributed by atoms with Crippen LogP contribution in [0.3, 0.4) is 0 Å². The first-order valence-electron chi connectivity index (χ1n) is 9.58. The lowest BCUT2D eigenvalue weighted by Crippen LogP contribution is -2.26. The minimum atomic E-state index is -0.321. The highest BCUT2D eigenvalue weighted by atomic mass is 19.1. The lowest BCUT2D eigenvalue weighted by Gasteiger charge is -2.17. The Bertz CT molecular complexity index is 1170. The molecule has 1 amide bonds. The summed E-state index contributed by atoms with van der Waals surface area (Å²) in [6, 6.07) is 17.7. The molecule has 0 spiro atoms. The van der Waals surface area contributed by atoms with Crippen molar-refractivity contribution < 1.29 is 9.18 Å². The van der Waals surface area contributed by atoms with Crippen LogP contribution in [0, 0.1) is 12.7 Å². The molecule has 6 heteroatoms. The van der Waals surface area contributed by atoms with E-state index in [2.05, 4.69) is 10.1 Å². The van der Waals surface area contributed by atoms with Crippen LogP contribution < -0.4 is 0 Å². The van der Waals surface area contributed by atoms with Gasteiger partial charge in [-0.15, -0.1) is 0 Å². The normalized spacial score (nSPS) is 10.8. The van der Waals surface area contributed by atoms with Crippen LogP contribution in [-0.4, -0.2) is 32.6 Å². The first-order valence-corrected chi connectivity index (χ1v) is 9.58. The van der Waals surface area contributed by atoms with Crippen LogP contribution >= 0.6 is 0 Å². The number of benzene rings is 2. The summed E-state index contributed by atoms with van der Waals surface area (Å²) in [5.74, 6) is -0.463. The van der Waals surface area contributed by atoms with Gasteiger partial charge in [0.15, 0.2) is 0 Å². The zero-order chi connectivity index (χ0) is 21.1. The predicted octanol–water partition coefficient (Wildman–Crippen LogP) is 4.65. The molecule has 4 rings (SSSR count). The Morgan fingerprint density at radius 2 is 1.80 bits per heavy atom. The van der Waals surface area contributed by atoms with Gasteiger partial charge >= 0.3 is 0 Å². The molecule has 0 N–H and O–H groups in total. The maximum atomic E-state index is 13.3. The van der Waals surface area contributed by atoms with Crippen molar-refractivity contribution in [1.82, 2.24) is 19.7 Å². The van der Waals surface area contributed by atoms with E-state index in [0.29, 0.717) is 23.5 Å². The third kappa shape index (κ3) is 4.12. The number of amides is 1. The molecule has 0 fully saturated rings. The first kappa shape index (κ1) is 19.5. The topological polar surface area (TPSA) is 51.0 Å². The Morgan fingerprint density at radius 1 is 1.07 bits per heavy atom. The Hall–Kier alpha value is -3.80. The molecule has 0 bridgehead atoms. The average molecular weight is 400 g/mol. The van der Waals surface area contributed by atoms with E-state index < -0.39 is 0 Å². The third-order valence-electron chi connectivity index (χ3n) is 4.84. The number of pyridine rings is 1. The highest BCUT2D eigenvalue weighted by Gasteiger charge is 2.22. The minimum absolute atomic E-state index is 0.142. The second-order valence-corrected chi connectivity index (χ2v) is 7.20. The molecule has 0 aliphatic carbocycles. The summed E-state index contributed by atoms with van der Waals surface area (Å²) >= 11 is 0. The highest BCUT2D eigenvalue weighted by Crippen LogP contribution is 2.26. The number of nitrogens with zero attached hydrogens (tertiary/aromatic N) is 4. The molecule has 5 nitrogen and oxygen atoms in total. The Balaban J connectivity index is 1.74. The van der Waals surface area contributed by atoms with E-state index in [4.69, 9.17) is 0 Å². The lowest BCUT2D eigenvalue weighted by molar-refractivity contribution is 0.0786. The standard InChI is InChI=1S/C24H21FN4O/c1-17-4-3-5-19(14-17)23-22(16-29(27-23)21-8-6-20(25)7-9-21)24(30)28(2)15-18-10-12-26-13-11-18/h3-14,16H,15H2,1-2H3. The fourth-order valence-electron chi connectivity index (χ4n) is 3.30. The van der Waals surface area contributed by atoms with E-state index in [1.54, 1.807) is 47.4 Å².